The average Bonchev–Trinajstić information content (AvgIpc) is 2.28. The number of ether oxygens (including phenoxy) is 1. The van der Waals surface area contributed by atoms with Crippen LogP contribution in [0.4, 0.5) is 0 Å². The van der Waals surface area contributed by atoms with E-state index in [1.807, 2.05) is 13.0 Å². The van der Waals surface area contributed by atoms with E-state index in [0.717, 1.165) is 5.56 Å². The Morgan fingerprint density at radius 3 is 2.75 bits per heavy atom. The van der Waals surface area contributed by atoms with Gasteiger partial charge in [-0.25, -0.2) is 0 Å². The fraction of sp³-hybridized carbons (Fsp3) is 0.273. The van der Waals surface area contributed by atoms with Gasteiger partial charge >= 0.3 is 5.97 Å². The normalized spacial score (nSPS) is 9.69. The SMILES string of the molecule is COC(=O)CNC(=O)c1cc(C)ccc1Br. The first-order valence-electron chi connectivity index (χ1n) is 4.65. The minimum Gasteiger partial charge on any atom is -0.468 e. The summed E-state index contributed by atoms with van der Waals surface area (Å²) < 4.78 is 5.12. The van der Waals surface area contributed by atoms with E-state index in [9.17, 15) is 9.59 Å². The van der Waals surface area contributed by atoms with Crippen LogP contribution in [-0.4, -0.2) is 25.5 Å². The molecule has 0 unspecified atom stereocenters. The molecule has 0 bridgehead atoms. The summed E-state index contributed by atoms with van der Waals surface area (Å²) in [5.41, 5.74) is 1.48. The Kier molecular flexibility index (Phi) is 4.49. The van der Waals surface area contributed by atoms with Crippen molar-refractivity contribution in [3.8, 4) is 0 Å². The third-order valence-corrected chi connectivity index (χ3v) is 2.68. The van der Waals surface area contributed by atoms with Crippen molar-refractivity contribution in [3.63, 3.8) is 0 Å². The molecule has 0 fully saturated rings. The Labute approximate surface area is 102 Å². The van der Waals surface area contributed by atoms with Gasteiger partial charge in [0.25, 0.3) is 5.91 Å². The predicted molar refractivity (Wildman–Crippen MR) is 63.2 cm³/mol. The van der Waals surface area contributed by atoms with Crippen LogP contribution < -0.4 is 5.32 Å². The second-order valence-electron chi connectivity index (χ2n) is 3.24. The highest BCUT2D eigenvalue weighted by Crippen LogP contribution is 2.17. The lowest BCUT2D eigenvalue weighted by molar-refractivity contribution is -0.139. The first-order valence-corrected chi connectivity index (χ1v) is 5.45. The highest BCUT2D eigenvalue weighted by molar-refractivity contribution is 9.10. The van der Waals surface area contributed by atoms with E-state index in [1.54, 1.807) is 12.1 Å². The Balaban J connectivity index is 2.73. The van der Waals surface area contributed by atoms with Gasteiger partial charge in [0, 0.05) is 4.47 Å². The van der Waals surface area contributed by atoms with Gasteiger partial charge in [-0.15, -0.1) is 0 Å². The molecule has 5 heteroatoms. The molecule has 0 saturated carbocycles. The van der Waals surface area contributed by atoms with Crippen LogP contribution in [0.15, 0.2) is 22.7 Å². The Hall–Kier alpha value is -1.36. The van der Waals surface area contributed by atoms with Crippen molar-refractivity contribution in [2.24, 2.45) is 0 Å². The standard InChI is InChI=1S/C11H12BrNO3/c1-7-3-4-9(12)8(5-7)11(15)13-6-10(14)16-2/h3-5H,6H2,1-2H3,(H,13,15). The summed E-state index contributed by atoms with van der Waals surface area (Å²) in [6.07, 6.45) is 0. The number of hydrogen-bond donors (Lipinski definition) is 1. The lowest BCUT2D eigenvalue weighted by Gasteiger charge is -2.06. The van der Waals surface area contributed by atoms with E-state index in [2.05, 4.69) is 26.0 Å². The molecule has 16 heavy (non-hydrogen) atoms. The number of benzene rings is 1. The lowest BCUT2D eigenvalue weighted by atomic mass is 10.1. The molecule has 0 atom stereocenters. The van der Waals surface area contributed by atoms with Crippen molar-refractivity contribution in [1.29, 1.82) is 0 Å². The van der Waals surface area contributed by atoms with Gasteiger partial charge in [-0.1, -0.05) is 11.6 Å². The lowest BCUT2D eigenvalue weighted by Crippen LogP contribution is -2.30. The van der Waals surface area contributed by atoms with Crippen LogP contribution in [-0.2, 0) is 9.53 Å². The number of amides is 1. The van der Waals surface area contributed by atoms with Gasteiger partial charge in [0.05, 0.1) is 12.7 Å². The number of halogens is 1. The molecule has 86 valence electrons. The predicted octanol–water partition coefficient (Wildman–Crippen LogP) is 1.66. The largest absolute Gasteiger partial charge is 0.468 e. The van der Waals surface area contributed by atoms with Gasteiger partial charge < -0.3 is 10.1 Å². The van der Waals surface area contributed by atoms with E-state index < -0.39 is 5.97 Å². The summed E-state index contributed by atoms with van der Waals surface area (Å²) in [6.45, 7) is 1.76. The number of nitrogens with one attached hydrogen (secondary N) is 1. The first kappa shape index (κ1) is 12.7. The molecule has 1 aromatic rings. The maximum atomic E-state index is 11.7. The number of rotatable bonds is 3. The maximum absolute atomic E-state index is 11.7. The second kappa shape index (κ2) is 5.65. The Morgan fingerprint density at radius 1 is 1.44 bits per heavy atom. The molecule has 0 aromatic heterocycles. The van der Waals surface area contributed by atoms with E-state index >= 15 is 0 Å². The molecule has 0 aliphatic rings. The number of esters is 1. The van der Waals surface area contributed by atoms with Crippen LogP contribution in [0.1, 0.15) is 15.9 Å². The molecule has 0 aliphatic heterocycles. The minimum atomic E-state index is -0.475. The third-order valence-electron chi connectivity index (χ3n) is 1.99. The highest BCUT2D eigenvalue weighted by Gasteiger charge is 2.11. The molecule has 0 spiro atoms. The van der Waals surface area contributed by atoms with Crippen LogP contribution in [0.3, 0.4) is 0 Å². The third kappa shape index (κ3) is 3.34. The maximum Gasteiger partial charge on any atom is 0.325 e. The smallest absolute Gasteiger partial charge is 0.325 e. The zero-order chi connectivity index (χ0) is 12.1. The summed E-state index contributed by atoms with van der Waals surface area (Å²) in [7, 11) is 1.27. The van der Waals surface area contributed by atoms with E-state index in [4.69, 9.17) is 0 Å². The Morgan fingerprint density at radius 2 is 2.12 bits per heavy atom. The zero-order valence-corrected chi connectivity index (χ0v) is 10.6. The fourth-order valence-corrected chi connectivity index (χ4v) is 1.56. The summed E-state index contributed by atoms with van der Waals surface area (Å²) >= 11 is 3.28. The van der Waals surface area contributed by atoms with Crippen LogP contribution in [0.25, 0.3) is 0 Å². The fourth-order valence-electron chi connectivity index (χ4n) is 1.13. The molecule has 1 rings (SSSR count). The molecule has 1 aromatic carbocycles. The van der Waals surface area contributed by atoms with Gasteiger partial charge in [-0.3, -0.25) is 9.59 Å². The number of hydrogen-bond acceptors (Lipinski definition) is 3. The molecule has 1 amide bonds. The molecule has 0 aliphatic carbocycles. The number of carbonyl (C=O) groups is 2. The molecule has 0 heterocycles. The van der Waals surface area contributed by atoms with Crippen LogP contribution in [0.2, 0.25) is 0 Å². The van der Waals surface area contributed by atoms with Gasteiger partial charge in [-0.05, 0) is 35.0 Å². The number of aryl methyl sites for hydroxylation is 1. The van der Waals surface area contributed by atoms with E-state index in [0.29, 0.717) is 10.0 Å². The minimum absolute atomic E-state index is 0.129. The average molecular weight is 286 g/mol. The molecule has 0 radical (unpaired) electrons. The molecule has 1 N–H and O–H groups in total. The molecule has 4 nitrogen and oxygen atoms in total. The van der Waals surface area contributed by atoms with E-state index in [-0.39, 0.29) is 12.5 Å². The quantitative estimate of drug-likeness (QED) is 0.860. The van der Waals surface area contributed by atoms with Gasteiger partial charge in [-0.2, -0.15) is 0 Å². The highest BCUT2D eigenvalue weighted by atomic mass is 79.9. The van der Waals surface area contributed by atoms with Gasteiger partial charge in [0.1, 0.15) is 6.54 Å². The van der Waals surface area contributed by atoms with Crippen LogP contribution in [0.5, 0.6) is 0 Å². The summed E-state index contributed by atoms with van der Waals surface area (Å²) in [5.74, 6) is -0.780. The Bertz CT molecular complexity index is 418. The first-order chi connectivity index (χ1) is 7.54. The van der Waals surface area contributed by atoms with E-state index in [1.165, 1.54) is 7.11 Å². The van der Waals surface area contributed by atoms with Gasteiger partial charge in [0.15, 0.2) is 0 Å². The topological polar surface area (TPSA) is 55.4 Å². The van der Waals surface area contributed by atoms with Crippen LogP contribution >= 0.6 is 15.9 Å². The van der Waals surface area contributed by atoms with Crippen molar-refractivity contribution in [3.05, 3.63) is 33.8 Å². The molecular formula is C11H12BrNO3. The van der Waals surface area contributed by atoms with Crippen molar-refractivity contribution < 1.29 is 14.3 Å². The summed E-state index contributed by atoms with van der Waals surface area (Å²) in [6, 6.07) is 5.43. The second-order valence-corrected chi connectivity index (χ2v) is 4.10. The van der Waals surface area contributed by atoms with Gasteiger partial charge in [0.2, 0.25) is 0 Å². The van der Waals surface area contributed by atoms with Crippen LogP contribution in [0, 0.1) is 6.92 Å². The summed E-state index contributed by atoms with van der Waals surface area (Å²) in [5, 5.41) is 2.47. The monoisotopic (exact) mass is 285 g/mol. The van der Waals surface area contributed by atoms with Crippen molar-refractivity contribution >= 4 is 27.8 Å². The van der Waals surface area contributed by atoms with Crippen molar-refractivity contribution in [1.82, 2.24) is 5.32 Å². The molecular weight excluding hydrogens is 274 g/mol. The van der Waals surface area contributed by atoms with Crippen molar-refractivity contribution in [2.75, 3.05) is 13.7 Å². The zero-order valence-electron chi connectivity index (χ0n) is 9.04. The molecule has 0 saturated heterocycles. The van der Waals surface area contributed by atoms with Crippen molar-refractivity contribution in [2.45, 2.75) is 6.92 Å². The number of carbonyl (C=O) groups excluding carboxylic acids is 2. The number of methoxy groups -OCH3 is 1. The summed E-state index contributed by atoms with van der Waals surface area (Å²) in [4.78, 5) is 22.5.